The summed E-state index contributed by atoms with van der Waals surface area (Å²) in [4.78, 5) is 9.02. The smallest absolute Gasteiger partial charge is 0.180 e. The summed E-state index contributed by atoms with van der Waals surface area (Å²) in [5, 5.41) is 7.53. The normalized spacial score (nSPS) is 10.6. The van der Waals surface area contributed by atoms with Crippen molar-refractivity contribution in [2.75, 3.05) is 11.9 Å². The highest BCUT2D eigenvalue weighted by Gasteiger charge is 2.09. The number of hydrogen-bond donors (Lipinski definition) is 1. The first-order valence-electron chi connectivity index (χ1n) is 6.36. The average Bonchev–Trinajstić information content (AvgIpc) is 2.77. The molecule has 1 N–H and O–H groups in total. The van der Waals surface area contributed by atoms with E-state index in [0.29, 0.717) is 0 Å². The molecule has 5 nitrogen and oxygen atoms in total. The third-order valence-electron chi connectivity index (χ3n) is 2.59. The van der Waals surface area contributed by atoms with Gasteiger partial charge in [-0.15, -0.1) is 0 Å². The number of anilines is 1. The molecular weight excluding hydrogens is 226 g/mol. The summed E-state index contributed by atoms with van der Waals surface area (Å²) < 4.78 is 1.95. The molecule has 2 aromatic heterocycles. The average molecular weight is 245 g/mol. The molecule has 18 heavy (non-hydrogen) atoms. The van der Waals surface area contributed by atoms with Gasteiger partial charge < -0.3 is 5.32 Å². The second-order valence-corrected chi connectivity index (χ2v) is 4.19. The summed E-state index contributed by atoms with van der Waals surface area (Å²) in [5.41, 5.74) is 1.93. The van der Waals surface area contributed by atoms with Crippen molar-refractivity contribution in [1.82, 2.24) is 19.7 Å². The topological polar surface area (TPSA) is 55.6 Å². The van der Waals surface area contributed by atoms with Gasteiger partial charge in [0, 0.05) is 31.0 Å². The van der Waals surface area contributed by atoms with Crippen LogP contribution in [0.25, 0.3) is 11.5 Å². The first-order valence-corrected chi connectivity index (χ1v) is 6.36. The van der Waals surface area contributed by atoms with E-state index in [2.05, 4.69) is 34.2 Å². The summed E-state index contributed by atoms with van der Waals surface area (Å²) in [6.45, 7) is 7.90. The summed E-state index contributed by atoms with van der Waals surface area (Å²) in [5.74, 6) is 1.60. The maximum atomic E-state index is 4.53. The third kappa shape index (κ3) is 2.67. The Bertz CT molecular complexity index is 518. The van der Waals surface area contributed by atoms with Gasteiger partial charge in [0.1, 0.15) is 11.5 Å². The molecule has 0 atom stereocenters. The van der Waals surface area contributed by atoms with Crippen LogP contribution < -0.4 is 5.32 Å². The highest BCUT2D eigenvalue weighted by atomic mass is 15.3. The predicted octanol–water partition coefficient (Wildman–Crippen LogP) is 2.49. The fraction of sp³-hybridized carbons (Fsp3) is 0.462. The Labute approximate surface area is 107 Å². The van der Waals surface area contributed by atoms with Crippen LogP contribution in [0.1, 0.15) is 26.0 Å². The van der Waals surface area contributed by atoms with E-state index in [1.807, 2.05) is 23.7 Å². The van der Waals surface area contributed by atoms with Crippen LogP contribution in [0.2, 0.25) is 0 Å². The second kappa shape index (κ2) is 5.62. The number of nitrogens with zero attached hydrogens (tertiary/aromatic N) is 4. The molecule has 0 aliphatic rings. The van der Waals surface area contributed by atoms with Crippen molar-refractivity contribution in [3.05, 3.63) is 24.0 Å². The molecule has 0 radical (unpaired) electrons. The Kier molecular flexibility index (Phi) is 3.92. The number of aromatic nitrogens is 4. The van der Waals surface area contributed by atoms with E-state index in [4.69, 9.17) is 0 Å². The van der Waals surface area contributed by atoms with E-state index in [0.717, 1.165) is 42.5 Å². The zero-order valence-electron chi connectivity index (χ0n) is 11.1. The monoisotopic (exact) mass is 245 g/mol. The Morgan fingerprint density at radius 3 is 2.83 bits per heavy atom. The molecule has 0 saturated carbocycles. The quantitative estimate of drug-likeness (QED) is 0.879. The van der Waals surface area contributed by atoms with Crippen LogP contribution in [-0.4, -0.2) is 26.3 Å². The van der Waals surface area contributed by atoms with Gasteiger partial charge in [-0.1, -0.05) is 6.92 Å². The van der Waals surface area contributed by atoms with E-state index >= 15 is 0 Å². The van der Waals surface area contributed by atoms with Crippen LogP contribution in [0, 0.1) is 6.92 Å². The van der Waals surface area contributed by atoms with E-state index in [-0.39, 0.29) is 0 Å². The Hall–Kier alpha value is -1.91. The van der Waals surface area contributed by atoms with Gasteiger partial charge in [-0.25, -0.2) is 9.97 Å². The van der Waals surface area contributed by atoms with Crippen molar-refractivity contribution in [3.8, 4) is 11.5 Å². The summed E-state index contributed by atoms with van der Waals surface area (Å²) in [6.07, 6.45) is 2.84. The van der Waals surface area contributed by atoms with E-state index in [1.165, 1.54) is 0 Å². The third-order valence-corrected chi connectivity index (χ3v) is 2.59. The molecule has 0 aliphatic carbocycles. The molecule has 5 heteroatoms. The zero-order valence-corrected chi connectivity index (χ0v) is 11.1. The van der Waals surface area contributed by atoms with Gasteiger partial charge in [0.15, 0.2) is 5.82 Å². The van der Waals surface area contributed by atoms with Gasteiger partial charge >= 0.3 is 0 Å². The van der Waals surface area contributed by atoms with Gasteiger partial charge in [-0.05, 0) is 26.3 Å². The predicted molar refractivity (Wildman–Crippen MR) is 72.4 cm³/mol. The molecule has 96 valence electrons. The molecule has 0 amide bonds. The standard InChI is InChI=1S/C13H19N5/c1-4-8-18-11(6-7-15-18)13-16-10(3)9-12(17-13)14-5-2/h6-7,9H,4-5,8H2,1-3H3,(H,14,16,17). The molecule has 0 bridgehead atoms. The number of rotatable bonds is 5. The minimum atomic E-state index is 0.733. The van der Waals surface area contributed by atoms with Gasteiger partial charge in [0.2, 0.25) is 0 Å². The summed E-state index contributed by atoms with van der Waals surface area (Å²) in [7, 11) is 0. The SMILES string of the molecule is CCCn1nccc1-c1nc(C)cc(NCC)n1. The minimum Gasteiger partial charge on any atom is -0.370 e. The first kappa shape index (κ1) is 12.5. The minimum absolute atomic E-state index is 0.733. The molecule has 0 fully saturated rings. The fourth-order valence-corrected chi connectivity index (χ4v) is 1.87. The number of hydrogen-bond acceptors (Lipinski definition) is 4. The lowest BCUT2D eigenvalue weighted by Gasteiger charge is -2.08. The largest absolute Gasteiger partial charge is 0.370 e. The molecule has 0 unspecified atom stereocenters. The van der Waals surface area contributed by atoms with Gasteiger partial charge in [0.05, 0.1) is 0 Å². The maximum Gasteiger partial charge on any atom is 0.180 e. The molecule has 2 aromatic rings. The zero-order chi connectivity index (χ0) is 13.0. The van der Waals surface area contributed by atoms with Crippen LogP contribution in [0.5, 0.6) is 0 Å². The highest BCUT2D eigenvalue weighted by molar-refractivity contribution is 5.53. The van der Waals surface area contributed by atoms with Crippen LogP contribution in [0.4, 0.5) is 5.82 Å². The molecule has 2 heterocycles. The van der Waals surface area contributed by atoms with Crippen LogP contribution in [-0.2, 0) is 6.54 Å². The lowest BCUT2D eigenvalue weighted by molar-refractivity contribution is 0.606. The number of aryl methyl sites for hydroxylation is 2. The van der Waals surface area contributed by atoms with Gasteiger partial charge in [-0.3, -0.25) is 4.68 Å². The fourth-order valence-electron chi connectivity index (χ4n) is 1.87. The van der Waals surface area contributed by atoms with Gasteiger partial charge in [-0.2, -0.15) is 5.10 Å². The first-order chi connectivity index (χ1) is 8.74. The molecule has 0 aliphatic heterocycles. The van der Waals surface area contributed by atoms with E-state index < -0.39 is 0 Å². The Morgan fingerprint density at radius 1 is 1.28 bits per heavy atom. The van der Waals surface area contributed by atoms with Crippen LogP contribution in [0.3, 0.4) is 0 Å². The van der Waals surface area contributed by atoms with Crippen molar-refractivity contribution >= 4 is 5.82 Å². The molecule has 0 saturated heterocycles. The van der Waals surface area contributed by atoms with Crippen LogP contribution in [0.15, 0.2) is 18.3 Å². The highest BCUT2D eigenvalue weighted by Crippen LogP contribution is 2.17. The van der Waals surface area contributed by atoms with Crippen molar-refractivity contribution in [2.24, 2.45) is 0 Å². The summed E-state index contributed by atoms with van der Waals surface area (Å²) in [6, 6.07) is 3.91. The van der Waals surface area contributed by atoms with Crippen LogP contribution >= 0.6 is 0 Å². The molecule has 0 spiro atoms. The number of nitrogens with one attached hydrogen (secondary N) is 1. The van der Waals surface area contributed by atoms with Gasteiger partial charge in [0.25, 0.3) is 0 Å². The maximum absolute atomic E-state index is 4.53. The molecule has 0 aromatic carbocycles. The second-order valence-electron chi connectivity index (χ2n) is 4.19. The molecule has 2 rings (SSSR count). The summed E-state index contributed by atoms with van der Waals surface area (Å²) >= 11 is 0. The lowest BCUT2D eigenvalue weighted by Crippen LogP contribution is -2.06. The Morgan fingerprint density at radius 2 is 2.11 bits per heavy atom. The van der Waals surface area contributed by atoms with Crippen molar-refractivity contribution in [1.29, 1.82) is 0 Å². The molecular formula is C13H19N5. The Balaban J connectivity index is 2.39. The van der Waals surface area contributed by atoms with Crippen molar-refractivity contribution in [2.45, 2.75) is 33.7 Å². The van der Waals surface area contributed by atoms with Crippen molar-refractivity contribution < 1.29 is 0 Å². The van der Waals surface area contributed by atoms with Crippen molar-refractivity contribution in [3.63, 3.8) is 0 Å². The van der Waals surface area contributed by atoms with E-state index in [1.54, 1.807) is 6.20 Å². The lowest BCUT2D eigenvalue weighted by atomic mass is 10.3. The van der Waals surface area contributed by atoms with E-state index in [9.17, 15) is 0 Å².